The minimum absolute atomic E-state index is 0.0309. The molecule has 5 heteroatoms. The minimum Gasteiger partial charge on any atom is -0.345 e. The third kappa shape index (κ3) is 3.46. The molecule has 0 radical (unpaired) electrons. The number of rotatable bonds is 3. The van der Waals surface area contributed by atoms with Crippen molar-refractivity contribution in [1.29, 1.82) is 0 Å². The predicted molar refractivity (Wildman–Crippen MR) is 84.1 cm³/mol. The van der Waals surface area contributed by atoms with Crippen LogP contribution < -0.4 is 5.32 Å². The number of nitrogens with one attached hydrogen (secondary N) is 1. The Balaban J connectivity index is 2.15. The van der Waals surface area contributed by atoms with Gasteiger partial charge < -0.3 is 5.32 Å². The molecule has 2 nitrogen and oxygen atoms in total. The van der Waals surface area contributed by atoms with Gasteiger partial charge in [-0.25, -0.2) is 4.39 Å². The lowest BCUT2D eigenvalue weighted by molar-refractivity contribution is 0.0935. The Morgan fingerprint density at radius 2 is 1.80 bits per heavy atom. The fraction of sp³-hybridized carbons (Fsp3) is 0.133. The number of benzene rings is 2. The highest BCUT2D eigenvalue weighted by Crippen LogP contribution is 2.20. The van der Waals surface area contributed by atoms with E-state index in [0.29, 0.717) is 0 Å². The number of carbonyl (C=O) groups excluding carboxylic acids is 1. The molecule has 20 heavy (non-hydrogen) atoms. The minimum atomic E-state index is -0.548. The van der Waals surface area contributed by atoms with E-state index in [0.717, 1.165) is 10.0 Å². The van der Waals surface area contributed by atoms with Gasteiger partial charge in [0, 0.05) is 4.47 Å². The summed E-state index contributed by atoms with van der Waals surface area (Å²) < 4.78 is 15.1. The molecule has 1 amide bonds. The quantitative estimate of drug-likeness (QED) is 0.784. The van der Waals surface area contributed by atoms with Crippen LogP contribution in [-0.4, -0.2) is 5.91 Å². The monoisotopic (exact) mass is 399 g/mol. The van der Waals surface area contributed by atoms with Gasteiger partial charge in [-0.1, -0.05) is 34.1 Å². The van der Waals surface area contributed by atoms with Gasteiger partial charge >= 0.3 is 0 Å². The topological polar surface area (TPSA) is 29.1 Å². The molecule has 0 aromatic heterocycles. The molecule has 2 aromatic rings. The number of hydrogen-bond acceptors (Lipinski definition) is 1. The Morgan fingerprint density at radius 1 is 1.15 bits per heavy atom. The van der Waals surface area contributed by atoms with Crippen LogP contribution in [-0.2, 0) is 0 Å². The Hall–Kier alpha value is -1.20. The van der Waals surface area contributed by atoms with E-state index in [1.165, 1.54) is 6.07 Å². The standard InChI is InChI=1S/C15H12Br2FNO/c1-9(10-5-7-11(16)8-6-10)19-15(20)12-3-2-4-13(17)14(12)18/h2-9H,1H3,(H,19,20)/t9-/m0/s1. The summed E-state index contributed by atoms with van der Waals surface area (Å²) in [6, 6.07) is 12.1. The first-order chi connectivity index (χ1) is 9.49. The highest BCUT2D eigenvalue weighted by Gasteiger charge is 2.16. The predicted octanol–water partition coefficient (Wildman–Crippen LogP) is 4.84. The Labute approximate surface area is 133 Å². The molecule has 0 saturated carbocycles. The zero-order valence-corrected chi connectivity index (χ0v) is 13.8. The van der Waals surface area contributed by atoms with E-state index in [9.17, 15) is 9.18 Å². The highest BCUT2D eigenvalue weighted by molar-refractivity contribution is 9.10. The van der Waals surface area contributed by atoms with Crippen LogP contribution in [0.1, 0.15) is 28.9 Å². The molecule has 2 aromatic carbocycles. The van der Waals surface area contributed by atoms with Crippen LogP contribution in [0.3, 0.4) is 0 Å². The number of carbonyl (C=O) groups is 1. The molecule has 0 aliphatic heterocycles. The van der Waals surface area contributed by atoms with Crippen LogP contribution in [0.2, 0.25) is 0 Å². The lowest BCUT2D eigenvalue weighted by atomic mass is 10.1. The molecule has 1 atom stereocenters. The molecule has 2 rings (SSSR count). The van der Waals surface area contributed by atoms with Crippen LogP contribution in [0.15, 0.2) is 51.4 Å². The molecule has 0 fully saturated rings. The van der Waals surface area contributed by atoms with Gasteiger partial charge in [0.25, 0.3) is 5.91 Å². The smallest absolute Gasteiger partial charge is 0.254 e. The SMILES string of the molecule is C[C@H](NC(=O)c1cccc(Br)c1F)c1ccc(Br)cc1. The zero-order chi connectivity index (χ0) is 14.7. The third-order valence-electron chi connectivity index (χ3n) is 2.91. The molecule has 0 saturated heterocycles. The first-order valence-corrected chi connectivity index (χ1v) is 7.58. The van der Waals surface area contributed by atoms with Crippen molar-refractivity contribution in [1.82, 2.24) is 5.32 Å². The Kier molecular flexibility index (Phi) is 4.94. The molecule has 0 aliphatic carbocycles. The van der Waals surface area contributed by atoms with Gasteiger partial charge in [0.2, 0.25) is 0 Å². The summed E-state index contributed by atoms with van der Waals surface area (Å²) >= 11 is 6.43. The largest absolute Gasteiger partial charge is 0.345 e. The van der Waals surface area contributed by atoms with Crippen LogP contribution in [0.25, 0.3) is 0 Å². The summed E-state index contributed by atoms with van der Waals surface area (Å²) in [4.78, 5) is 12.1. The fourth-order valence-corrected chi connectivity index (χ4v) is 2.42. The highest BCUT2D eigenvalue weighted by atomic mass is 79.9. The third-order valence-corrected chi connectivity index (χ3v) is 4.05. The summed E-state index contributed by atoms with van der Waals surface area (Å²) in [5, 5.41) is 2.78. The zero-order valence-electron chi connectivity index (χ0n) is 10.7. The number of amides is 1. The molecule has 0 aliphatic rings. The second-order valence-electron chi connectivity index (χ2n) is 4.35. The molecular formula is C15H12Br2FNO. The molecule has 0 spiro atoms. The van der Waals surface area contributed by atoms with Gasteiger partial charge in [-0.15, -0.1) is 0 Å². The van der Waals surface area contributed by atoms with E-state index in [2.05, 4.69) is 37.2 Å². The number of hydrogen-bond donors (Lipinski definition) is 1. The van der Waals surface area contributed by atoms with E-state index >= 15 is 0 Å². The van der Waals surface area contributed by atoms with E-state index in [4.69, 9.17) is 0 Å². The lowest BCUT2D eigenvalue weighted by Crippen LogP contribution is -2.27. The van der Waals surface area contributed by atoms with Gasteiger partial charge in [0.1, 0.15) is 5.82 Å². The summed E-state index contributed by atoms with van der Waals surface area (Å²) in [6.07, 6.45) is 0. The van der Waals surface area contributed by atoms with Gasteiger partial charge in [-0.3, -0.25) is 4.79 Å². The maximum Gasteiger partial charge on any atom is 0.254 e. The van der Waals surface area contributed by atoms with Crippen molar-refractivity contribution in [2.75, 3.05) is 0 Å². The van der Waals surface area contributed by atoms with Crippen molar-refractivity contribution in [2.45, 2.75) is 13.0 Å². The van der Waals surface area contributed by atoms with Crippen molar-refractivity contribution in [3.63, 3.8) is 0 Å². The molecule has 1 N–H and O–H groups in total. The lowest BCUT2D eigenvalue weighted by Gasteiger charge is -2.15. The maximum absolute atomic E-state index is 13.8. The van der Waals surface area contributed by atoms with Crippen molar-refractivity contribution >= 4 is 37.8 Å². The van der Waals surface area contributed by atoms with E-state index in [-0.39, 0.29) is 16.1 Å². The molecular weight excluding hydrogens is 389 g/mol. The summed E-state index contributed by atoms with van der Waals surface area (Å²) in [7, 11) is 0. The van der Waals surface area contributed by atoms with Crippen LogP contribution >= 0.6 is 31.9 Å². The average molecular weight is 401 g/mol. The normalized spacial score (nSPS) is 12.0. The van der Waals surface area contributed by atoms with Crippen LogP contribution in [0, 0.1) is 5.82 Å². The van der Waals surface area contributed by atoms with Crippen molar-refractivity contribution in [3.05, 3.63) is 68.4 Å². The summed E-state index contributed by atoms with van der Waals surface area (Å²) in [6.45, 7) is 1.86. The van der Waals surface area contributed by atoms with Crippen LogP contribution in [0.5, 0.6) is 0 Å². The Bertz CT molecular complexity index is 628. The van der Waals surface area contributed by atoms with Gasteiger partial charge in [-0.05, 0) is 52.7 Å². The van der Waals surface area contributed by atoms with Crippen molar-refractivity contribution < 1.29 is 9.18 Å². The average Bonchev–Trinajstić information content (AvgIpc) is 2.42. The van der Waals surface area contributed by atoms with Gasteiger partial charge in [-0.2, -0.15) is 0 Å². The fourth-order valence-electron chi connectivity index (χ4n) is 1.79. The second kappa shape index (κ2) is 6.50. The van der Waals surface area contributed by atoms with E-state index in [1.54, 1.807) is 12.1 Å². The molecule has 0 unspecified atom stereocenters. The van der Waals surface area contributed by atoms with Crippen molar-refractivity contribution in [2.24, 2.45) is 0 Å². The summed E-state index contributed by atoms with van der Waals surface area (Å²) in [5.74, 6) is -0.979. The molecule has 0 heterocycles. The first-order valence-electron chi connectivity index (χ1n) is 5.99. The Morgan fingerprint density at radius 3 is 2.45 bits per heavy atom. The van der Waals surface area contributed by atoms with Gasteiger partial charge in [0.05, 0.1) is 16.1 Å². The summed E-state index contributed by atoms with van der Waals surface area (Å²) in [5.41, 5.74) is 0.986. The first kappa shape index (κ1) is 15.2. The number of halogens is 3. The van der Waals surface area contributed by atoms with Crippen molar-refractivity contribution in [3.8, 4) is 0 Å². The van der Waals surface area contributed by atoms with E-state index in [1.807, 2.05) is 31.2 Å². The van der Waals surface area contributed by atoms with Crippen LogP contribution in [0.4, 0.5) is 4.39 Å². The van der Waals surface area contributed by atoms with E-state index < -0.39 is 11.7 Å². The van der Waals surface area contributed by atoms with Gasteiger partial charge in [0.15, 0.2) is 0 Å². The molecule has 104 valence electrons. The molecule has 0 bridgehead atoms. The maximum atomic E-state index is 13.8. The second-order valence-corrected chi connectivity index (χ2v) is 6.12.